The van der Waals surface area contributed by atoms with Crippen molar-refractivity contribution in [3.8, 4) is 5.75 Å². The SMILES string of the molecule is CC[C@@H]1C(=O)NCCCN1C(=O)[C@H](C)Oc1ccc(Cl)cc1. The Morgan fingerprint density at radius 1 is 1.45 bits per heavy atom. The zero-order chi connectivity index (χ0) is 16.1. The molecule has 1 N–H and O–H groups in total. The third-order valence-electron chi connectivity index (χ3n) is 3.70. The second-order valence-electron chi connectivity index (χ2n) is 5.31. The number of rotatable bonds is 4. The molecule has 2 rings (SSSR count). The molecule has 2 amide bonds. The first-order chi connectivity index (χ1) is 10.5. The van der Waals surface area contributed by atoms with Gasteiger partial charge in [0.1, 0.15) is 11.8 Å². The van der Waals surface area contributed by atoms with Crippen molar-refractivity contribution < 1.29 is 14.3 Å². The molecule has 0 aromatic heterocycles. The minimum Gasteiger partial charge on any atom is -0.481 e. The van der Waals surface area contributed by atoms with Crippen LogP contribution < -0.4 is 10.1 Å². The Bertz CT molecular complexity index is 533. The van der Waals surface area contributed by atoms with Gasteiger partial charge in [0.05, 0.1) is 0 Å². The fourth-order valence-corrected chi connectivity index (χ4v) is 2.67. The van der Waals surface area contributed by atoms with E-state index in [4.69, 9.17) is 16.3 Å². The van der Waals surface area contributed by atoms with Gasteiger partial charge in [-0.2, -0.15) is 0 Å². The average molecular weight is 325 g/mol. The lowest BCUT2D eigenvalue weighted by molar-refractivity contribution is -0.144. The Morgan fingerprint density at radius 2 is 2.14 bits per heavy atom. The van der Waals surface area contributed by atoms with E-state index < -0.39 is 12.1 Å². The molecule has 22 heavy (non-hydrogen) atoms. The summed E-state index contributed by atoms with van der Waals surface area (Å²) < 4.78 is 5.67. The molecule has 0 aliphatic carbocycles. The summed E-state index contributed by atoms with van der Waals surface area (Å²) in [6.45, 7) is 4.77. The van der Waals surface area contributed by atoms with E-state index in [9.17, 15) is 9.59 Å². The van der Waals surface area contributed by atoms with Crippen molar-refractivity contribution in [2.75, 3.05) is 13.1 Å². The molecule has 1 heterocycles. The van der Waals surface area contributed by atoms with Crippen LogP contribution in [-0.4, -0.2) is 41.9 Å². The van der Waals surface area contributed by atoms with Crippen molar-refractivity contribution in [3.63, 3.8) is 0 Å². The van der Waals surface area contributed by atoms with E-state index in [1.54, 1.807) is 36.1 Å². The minimum atomic E-state index is -0.652. The smallest absolute Gasteiger partial charge is 0.264 e. The van der Waals surface area contributed by atoms with Crippen molar-refractivity contribution in [1.82, 2.24) is 10.2 Å². The summed E-state index contributed by atoms with van der Waals surface area (Å²) in [5, 5.41) is 3.45. The first kappa shape index (κ1) is 16.6. The number of carbonyl (C=O) groups excluding carboxylic acids is 2. The quantitative estimate of drug-likeness (QED) is 0.924. The first-order valence-corrected chi connectivity index (χ1v) is 7.91. The maximum Gasteiger partial charge on any atom is 0.264 e. The van der Waals surface area contributed by atoms with Crippen molar-refractivity contribution in [3.05, 3.63) is 29.3 Å². The molecule has 1 aromatic rings. The van der Waals surface area contributed by atoms with Gasteiger partial charge in [-0.1, -0.05) is 18.5 Å². The molecule has 1 saturated heterocycles. The van der Waals surface area contributed by atoms with Gasteiger partial charge in [0.15, 0.2) is 6.10 Å². The molecule has 0 spiro atoms. The molecule has 0 saturated carbocycles. The van der Waals surface area contributed by atoms with Crippen LogP contribution in [0.1, 0.15) is 26.7 Å². The van der Waals surface area contributed by atoms with Gasteiger partial charge in [-0.15, -0.1) is 0 Å². The Morgan fingerprint density at radius 3 is 2.77 bits per heavy atom. The zero-order valence-corrected chi connectivity index (χ0v) is 13.6. The lowest BCUT2D eigenvalue weighted by Gasteiger charge is -2.30. The number of carbonyl (C=O) groups is 2. The Labute approximate surface area is 135 Å². The Hall–Kier alpha value is -1.75. The number of amides is 2. The van der Waals surface area contributed by atoms with Crippen LogP contribution in [0.5, 0.6) is 5.75 Å². The molecule has 0 unspecified atom stereocenters. The van der Waals surface area contributed by atoms with Crippen molar-refractivity contribution in [2.24, 2.45) is 0 Å². The fraction of sp³-hybridized carbons (Fsp3) is 0.500. The summed E-state index contributed by atoms with van der Waals surface area (Å²) in [6, 6.07) is 6.44. The molecule has 2 atom stereocenters. The predicted octanol–water partition coefficient (Wildman–Crippen LogP) is 2.23. The fourth-order valence-electron chi connectivity index (χ4n) is 2.55. The average Bonchev–Trinajstić information content (AvgIpc) is 2.70. The van der Waals surface area contributed by atoms with E-state index >= 15 is 0 Å². The zero-order valence-electron chi connectivity index (χ0n) is 12.8. The van der Waals surface area contributed by atoms with Gasteiger partial charge >= 0.3 is 0 Å². The summed E-state index contributed by atoms with van der Waals surface area (Å²) in [5.74, 6) is 0.323. The van der Waals surface area contributed by atoms with Crippen LogP contribution in [0.15, 0.2) is 24.3 Å². The highest BCUT2D eigenvalue weighted by molar-refractivity contribution is 6.30. The molecule has 0 radical (unpaired) electrons. The van der Waals surface area contributed by atoms with Crippen LogP contribution in [0.3, 0.4) is 0 Å². The van der Waals surface area contributed by atoms with Gasteiger partial charge in [0.2, 0.25) is 5.91 Å². The summed E-state index contributed by atoms with van der Waals surface area (Å²) in [7, 11) is 0. The van der Waals surface area contributed by atoms with Crippen LogP contribution >= 0.6 is 11.6 Å². The predicted molar refractivity (Wildman–Crippen MR) is 85.0 cm³/mol. The van der Waals surface area contributed by atoms with E-state index in [-0.39, 0.29) is 11.8 Å². The first-order valence-electron chi connectivity index (χ1n) is 7.53. The van der Waals surface area contributed by atoms with Crippen molar-refractivity contribution >= 4 is 23.4 Å². The number of hydrogen-bond donors (Lipinski definition) is 1. The number of halogens is 1. The van der Waals surface area contributed by atoms with Gasteiger partial charge in [0.25, 0.3) is 5.91 Å². The van der Waals surface area contributed by atoms with E-state index in [1.165, 1.54) is 0 Å². The van der Waals surface area contributed by atoms with Crippen LogP contribution in [0.2, 0.25) is 5.02 Å². The van der Waals surface area contributed by atoms with Gasteiger partial charge < -0.3 is 15.0 Å². The Balaban J connectivity index is 2.07. The monoisotopic (exact) mass is 324 g/mol. The standard InChI is InChI=1S/C16H21ClN2O3/c1-3-14-15(20)18-9-4-10-19(14)16(21)11(2)22-13-7-5-12(17)6-8-13/h5-8,11,14H,3-4,9-10H2,1-2H3,(H,18,20)/t11-,14+/m0/s1. The van der Waals surface area contributed by atoms with Gasteiger partial charge in [0, 0.05) is 18.1 Å². The van der Waals surface area contributed by atoms with Gasteiger partial charge in [-0.05, 0) is 44.0 Å². The number of hydrogen-bond acceptors (Lipinski definition) is 3. The molecule has 1 aliphatic heterocycles. The second-order valence-corrected chi connectivity index (χ2v) is 5.75. The van der Waals surface area contributed by atoms with Crippen LogP contribution in [0, 0.1) is 0 Å². The number of ether oxygens (including phenoxy) is 1. The molecule has 0 bridgehead atoms. The normalized spacial score (nSPS) is 20.0. The van der Waals surface area contributed by atoms with Crippen LogP contribution in [-0.2, 0) is 9.59 Å². The lowest BCUT2D eigenvalue weighted by Crippen LogP contribution is -2.50. The molecule has 1 fully saturated rings. The second kappa shape index (κ2) is 7.49. The van der Waals surface area contributed by atoms with E-state index in [0.717, 1.165) is 6.42 Å². The summed E-state index contributed by atoms with van der Waals surface area (Å²) in [4.78, 5) is 26.3. The lowest BCUT2D eigenvalue weighted by atomic mass is 10.1. The third kappa shape index (κ3) is 3.91. The molecule has 1 aliphatic rings. The van der Waals surface area contributed by atoms with E-state index in [2.05, 4.69) is 5.32 Å². The number of nitrogens with zero attached hydrogens (tertiary/aromatic N) is 1. The van der Waals surface area contributed by atoms with Crippen molar-refractivity contribution in [2.45, 2.75) is 38.8 Å². The third-order valence-corrected chi connectivity index (χ3v) is 3.95. The Kier molecular flexibility index (Phi) is 5.66. The molecule has 6 heteroatoms. The topological polar surface area (TPSA) is 58.6 Å². The number of nitrogens with one attached hydrogen (secondary N) is 1. The molecular weight excluding hydrogens is 304 g/mol. The molecule has 120 valence electrons. The van der Waals surface area contributed by atoms with E-state index in [1.807, 2.05) is 6.92 Å². The summed E-state index contributed by atoms with van der Waals surface area (Å²) in [5.41, 5.74) is 0. The largest absolute Gasteiger partial charge is 0.481 e. The van der Waals surface area contributed by atoms with Gasteiger partial charge in [-0.25, -0.2) is 0 Å². The molecular formula is C16H21ClN2O3. The van der Waals surface area contributed by atoms with Crippen LogP contribution in [0.4, 0.5) is 0 Å². The van der Waals surface area contributed by atoms with Gasteiger partial charge in [-0.3, -0.25) is 9.59 Å². The number of benzene rings is 1. The molecule has 5 nitrogen and oxygen atoms in total. The molecule has 1 aromatic carbocycles. The summed E-state index contributed by atoms with van der Waals surface area (Å²) in [6.07, 6.45) is 0.688. The maximum atomic E-state index is 12.6. The highest BCUT2D eigenvalue weighted by Crippen LogP contribution is 2.18. The highest BCUT2D eigenvalue weighted by Gasteiger charge is 2.33. The summed E-state index contributed by atoms with van der Waals surface area (Å²) >= 11 is 5.83. The highest BCUT2D eigenvalue weighted by atomic mass is 35.5. The van der Waals surface area contributed by atoms with E-state index in [0.29, 0.717) is 30.3 Å². The van der Waals surface area contributed by atoms with Crippen LogP contribution in [0.25, 0.3) is 0 Å². The maximum absolute atomic E-state index is 12.6. The van der Waals surface area contributed by atoms with Crippen molar-refractivity contribution in [1.29, 1.82) is 0 Å². The minimum absolute atomic E-state index is 0.0907.